The van der Waals surface area contributed by atoms with Crippen molar-refractivity contribution in [3.63, 3.8) is 0 Å². The molecule has 4 saturated heterocycles. The number of rotatable bonds is 10. The van der Waals surface area contributed by atoms with Gasteiger partial charge in [-0.1, -0.05) is 84.9 Å². The quantitative estimate of drug-likeness (QED) is 0.141. The van der Waals surface area contributed by atoms with Crippen LogP contribution in [0.25, 0.3) is 0 Å². The Morgan fingerprint density at radius 3 is 0.825 bits per heavy atom. The smallest absolute Gasteiger partial charge is 0.163 e. The third-order valence-corrected chi connectivity index (χ3v) is 11.4. The fraction of sp³-hybridized carbons (Fsp3) is 0.320. The van der Waals surface area contributed by atoms with Crippen molar-refractivity contribution in [2.45, 2.75) is 0 Å². The maximum absolute atomic E-state index is 2.46. The normalized spacial score (nSPS) is 16.6. The van der Waals surface area contributed by atoms with Crippen molar-refractivity contribution in [3.8, 4) is 0 Å². The summed E-state index contributed by atoms with van der Waals surface area (Å²) in [6.07, 6.45) is 21.8. The van der Waals surface area contributed by atoms with E-state index in [0.29, 0.717) is 0 Å². The molecular formula is C50H68Cl2N8O3. The van der Waals surface area contributed by atoms with Crippen LogP contribution in [0.3, 0.4) is 0 Å². The average Bonchev–Trinajstić information content (AvgIpc) is 3.31. The summed E-state index contributed by atoms with van der Waals surface area (Å²) in [7, 11) is 0. The first-order valence-corrected chi connectivity index (χ1v) is 21.3. The van der Waals surface area contributed by atoms with Crippen molar-refractivity contribution in [3.05, 3.63) is 170 Å². The molecule has 4 aromatic rings. The highest BCUT2D eigenvalue weighted by Crippen LogP contribution is 2.18. The second-order valence-corrected chi connectivity index (χ2v) is 15.2. The van der Waals surface area contributed by atoms with E-state index in [1.54, 1.807) is 0 Å². The number of hydrogen-bond donors (Lipinski definition) is 0. The topological polar surface area (TPSA) is 120 Å². The highest BCUT2D eigenvalue weighted by molar-refractivity contribution is 5.67. The molecule has 4 heterocycles. The molecule has 0 spiro atoms. The zero-order valence-electron chi connectivity index (χ0n) is 36.5. The number of halogens is 2. The number of para-hydroxylation sites is 4. The molecule has 0 radical (unpaired) electrons. The molecule has 0 saturated carbocycles. The van der Waals surface area contributed by atoms with Crippen LogP contribution >= 0.6 is 0 Å². The predicted molar refractivity (Wildman–Crippen MR) is 257 cm³/mol. The van der Waals surface area contributed by atoms with Crippen LogP contribution in [0.4, 0.5) is 22.7 Å². The van der Waals surface area contributed by atoms with Gasteiger partial charge in [-0.05, 0) is 73.1 Å². The molecule has 0 amide bonds. The highest BCUT2D eigenvalue weighted by Gasteiger charge is 2.19. The Kier molecular flexibility index (Phi) is 25.2. The average molecular weight is 900 g/mol. The molecule has 0 aromatic heterocycles. The third kappa shape index (κ3) is 17.3. The number of hydrogen-bond acceptors (Lipinski definition) is 6. The largest absolute Gasteiger partial charge is 1.00 e. The van der Waals surface area contributed by atoms with Gasteiger partial charge in [-0.3, -0.25) is 0 Å². The van der Waals surface area contributed by atoms with Gasteiger partial charge in [-0.15, -0.1) is 0 Å². The standard InChI is InChI=1S/2C25H31N4.2ClH.3H2O/c2*1-4-10-24(11-5-1)28-20-16-26(17-21-28)14-8-3-9-15-27-18-22-29(23-19-27)25-12-6-2-7-13-25;;;;;/h2*1-15H,16-23H2;2*1H;3*1H2/q2*+1;;;;;/p-2. The van der Waals surface area contributed by atoms with Crippen LogP contribution in [0.15, 0.2) is 170 Å². The minimum Gasteiger partial charge on any atom is -1.00 e. The summed E-state index contributed by atoms with van der Waals surface area (Å²) in [6.45, 7) is 17.2. The molecule has 0 unspecified atom stereocenters. The van der Waals surface area contributed by atoms with Crippen molar-refractivity contribution in [1.82, 2.24) is 9.80 Å². The SMILES string of the molecule is C(=CC=[N+]1CCN(c2ccccc2)CC1)C=CN1CCN(c2ccccc2)CC1.C(=CC=[N+]1CCN(c2ccccc2)CC1)C=CN1CCN(c2ccccc2)CC1.O.O.O.[Cl-].[Cl-]. The first-order chi connectivity index (χ1) is 28.8. The van der Waals surface area contributed by atoms with Gasteiger partial charge in [-0.25, -0.2) is 9.15 Å². The van der Waals surface area contributed by atoms with E-state index in [-0.39, 0.29) is 41.2 Å². The molecule has 6 N–H and O–H groups in total. The first-order valence-electron chi connectivity index (χ1n) is 21.3. The fourth-order valence-corrected chi connectivity index (χ4v) is 7.89. The summed E-state index contributed by atoms with van der Waals surface area (Å²) in [5, 5.41) is 0. The molecule has 13 heteroatoms. The Hall–Kier alpha value is -5.56. The Morgan fingerprint density at radius 1 is 0.302 bits per heavy atom. The van der Waals surface area contributed by atoms with E-state index in [0.717, 1.165) is 105 Å². The Labute approximate surface area is 388 Å². The molecule has 4 aliphatic rings. The molecule has 0 atom stereocenters. The predicted octanol–water partition coefficient (Wildman–Crippen LogP) is -1.50. The van der Waals surface area contributed by atoms with Gasteiger partial charge in [-0.2, -0.15) is 0 Å². The minimum atomic E-state index is 0. The number of allylic oxidation sites excluding steroid dienone is 6. The number of piperazine rings is 4. The second kappa shape index (κ2) is 29.7. The molecule has 63 heavy (non-hydrogen) atoms. The lowest BCUT2D eigenvalue weighted by Gasteiger charge is -2.35. The molecule has 8 rings (SSSR count). The highest BCUT2D eigenvalue weighted by atomic mass is 35.5. The van der Waals surface area contributed by atoms with Crippen molar-refractivity contribution < 1.29 is 50.4 Å². The van der Waals surface area contributed by atoms with Crippen LogP contribution in [0, 0.1) is 0 Å². The van der Waals surface area contributed by atoms with Gasteiger partial charge in [0, 0.05) is 87.3 Å². The van der Waals surface area contributed by atoms with E-state index >= 15 is 0 Å². The maximum Gasteiger partial charge on any atom is 0.163 e. The van der Waals surface area contributed by atoms with Crippen LogP contribution in [0.1, 0.15) is 0 Å². The van der Waals surface area contributed by atoms with E-state index in [1.807, 2.05) is 0 Å². The van der Waals surface area contributed by atoms with Crippen LogP contribution < -0.4 is 44.4 Å². The second-order valence-electron chi connectivity index (χ2n) is 15.2. The lowest BCUT2D eigenvalue weighted by atomic mass is 10.2. The van der Waals surface area contributed by atoms with E-state index in [4.69, 9.17) is 0 Å². The summed E-state index contributed by atoms with van der Waals surface area (Å²) in [4.78, 5) is 14.7. The van der Waals surface area contributed by atoms with Crippen molar-refractivity contribution >= 4 is 35.2 Å². The molecular weight excluding hydrogens is 832 g/mol. The van der Waals surface area contributed by atoms with Crippen LogP contribution in [0.5, 0.6) is 0 Å². The maximum atomic E-state index is 2.46. The molecule has 4 aliphatic heterocycles. The van der Waals surface area contributed by atoms with E-state index < -0.39 is 0 Å². The minimum absolute atomic E-state index is 0. The van der Waals surface area contributed by atoms with Crippen molar-refractivity contribution in [2.75, 3.05) is 124 Å². The summed E-state index contributed by atoms with van der Waals surface area (Å²) in [5.41, 5.74) is 5.33. The molecule has 11 nitrogen and oxygen atoms in total. The Morgan fingerprint density at radius 2 is 0.556 bits per heavy atom. The van der Waals surface area contributed by atoms with Gasteiger partial charge in [0.05, 0.1) is 26.2 Å². The van der Waals surface area contributed by atoms with Crippen LogP contribution in [-0.4, -0.2) is 153 Å². The van der Waals surface area contributed by atoms with Gasteiger partial charge >= 0.3 is 0 Å². The fourth-order valence-electron chi connectivity index (χ4n) is 7.89. The van der Waals surface area contributed by atoms with Crippen LogP contribution in [0.2, 0.25) is 0 Å². The molecule has 4 fully saturated rings. The van der Waals surface area contributed by atoms with Gasteiger partial charge in [0.1, 0.15) is 0 Å². The van der Waals surface area contributed by atoms with E-state index in [2.05, 4.69) is 221 Å². The third-order valence-electron chi connectivity index (χ3n) is 11.4. The van der Waals surface area contributed by atoms with Gasteiger partial charge in [0.2, 0.25) is 0 Å². The zero-order valence-corrected chi connectivity index (χ0v) is 38.0. The van der Waals surface area contributed by atoms with Gasteiger partial charge in [0.15, 0.2) is 38.6 Å². The summed E-state index contributed by atoms with van der Waals surface area (Å²) in [6, 6.07) is 42.8. The lowest BCUT2D eigenvalue weighted by Crippen LogP contribution is -3.00. The van der Waals surface area contributed by atoms with Crippen LogP contribution in [-0.2, 0) is 0 Å². The molecule has 0 aliphatic carbocycles. The van der Waals surface area contributed by atoms with Crippen molar-refractivity contribution in [1.29, 1.82) is 0 Å². The van der Waals surface area contributed by atoms with Gasteiger partial charge < -0.3 is 70.6 Å². The number of benzene rings is 4. The summed E-state index contributed by atoms with van der Waals surface area (Å²) < 4.78 is 4.81. The Bertz CT molecular complexity index is 1820. The van der Waals surface area contributed by atoms with Gasteiger partial charge in [0.25, 0.3) is 0 Å². The Balaban J connectivity index is 0.000000402. The summed E-state index contributed by atoms with van der Waals surface area (Å²) >= 11 is 0. The molecule has 340 valence electrons. The van der Waals surface area contributed by atoms with E-state index in [9.17, 15) is 0 Å². The monoisotopic (exact) mass is 898 g/mol. The molecule has 4 aromatic carbocycles. The number of anilines is 4. The number of nitrogens with zero attached hydrogens (tertiary/aromatic N) is 8. The summed E-state index contributed by atoms with van der Waals surface area (Å²) in [5.74, 6) is 0. The van der Waals surface area contributed by atoms with Crippen molar-refractivity contribution in [2.24, 2.45) is 0 Å². The lowest BCUT2D eigenvalue weighted by molar-refractivity contribution is -0.524. The van der Waals surface area contributed by atoms with E-state index in [1.165, 1.54) is 22.7 Å². The first kappa shape index (κ1) is 53.6. The molecule has 0 bridgehead atoms. The zero-order chi connectivity index (χ0) is 39.5.